The molecule has 2 aromatic heterocycles. The highest BCUT2D eigenvalue weighted by Crippen LogP contribution is 2.39. The number of aryl methyl sites for hydroxylation is 1. The summed E-state index contributed by atoms with van der Waals surface area (Å²) in [5, 5.41) is 0. The molecular formula is C26H30N4O6S. The molecule has 1 saturated heterocycles. The summed E-state index contributed by atoms with van der Waals surface area (Å²) in [6.45, 7) is 7.77. The van der Waals surface area contributed by atoms with Gasteiger partial charge in [-0.1, -0.05) is 44.2 Å². The SMILES string of the molecule is COc1nc(C)cnc1N(C(=O)OCC(C)C)S(=O)(=O)c1c(CC2(C)CO2)ccnc1-c1ccccc1. The minimum absolute atomic E-state index is 0.00378. The Balaban J connectivity index is 1.96. The number of ether oxygens (including phenoxy) is 3. The normalized spacial score (nSPS) is 16.9. The zero-order valence-corrected chi connectivity index (χ0v) is 22.3. The van der Waals surface area contributed by atoms with Crippen LogP contribution in [0.5, 0.6) is 5.88 Å². The number of aromatic nitrogens is 3. The van der Waals surface area contributed by atoms with E-state index in [0.717, 1.165) is 0 Å². The van der Waals surface area contributed by atoms with E-state index in [9.17, 15) is 13.2 Å². The van der Waals surface area contributed by atoms with Gasteiger partial charge < -0.3 is 14.2 Å². The molecule has 3 heterocycles. The van der Waals surface area contributed by atoms with Crippen molar-refractivity contribution in [1.82, 2.24) is 15.0 Å². The molecule has 0 N–H and O–H groups in total. The van der Waals surface area contributed by atoms with E-state index < -0.39 is 21.7 Å². The molecule has 1 atom stereocenters. The topological polar surface area (TPSA) is 124 Å². The van der Waals surface area contributed by atoms with Crippen LogP contribution in [0, 0.1) is 12.8 Å². The number of hydrogen-bond donors (Lipinski definition) is 0. The molecule has 1 aliphatic heterocycles. The molecule has 0 bridgehead atoms. The van der Waals surface area contributed by atoms with Crippen LogP contribution in [-0.2, 0) is 25.9 Å². The minimum atomic E-state index is -4.64. The second kappa shape index (κ2) is 10.4. The smallest absolute Gasteiger partial charge is 0.430 e. The number of benzene rings is 1. The van der Waals surface area contributed by atoms with Crippen LogP contribution in [0.15, 0.2) is 53.7 Å². The van der Waals surface area contributed by atoms with Gasteiger partial charge in [0.25, 0.3) is 15.9 Å². The summed E-state index contributed by atoms with van der Waals surface area (Å²) in [5.74, 6) is -0.459. The fourth-order valence-electron chi connectivity index (χ4n) is 3.76. The van der Waals surface area contributed by atoms with Gasteiger partial charge in [-0.15, -0.1) is 4.31 Å². The highest BCUT2D eigenvalue weighted by molar-refractivity contribution is 7.93. The number of methoxy groups -OCH3 is 1. The lowest BCUT2D eigenvalue weighted by atomic mass is 10.0. The summed E-state index contributed by atoms with van der Waals surface area (Å²) in [6, 6.07) is 10.5. The quantitative estimate of drug-likeness (QED) is 0.378. The van der Waals surface area contributed by atoms with E-state index in [1.54, 1.807) is 43.5 Å². The molecule has 4 rings (SSSR count). The lowest BCUT2D eigenvalue weighted by molar-refractivity contribution is 0.143. The molecule has 0 spiro atoms. The number of amides is 1. The Morgan fingerprint density at radius 3 is 2.51 bits per heavy atom. The number of sulfonamides is 1. The van der Waals surface area contributed by atoms with Gasteiger partial charge in [0.15, 0.2) is 0 Å². The van der Waals surface area contributed by atoms with Crippen LogP contribution >= 0.6 is 0 Å². The number of rotatable bonds is 9. The third-order valence-corrected chi connectivity index (χ3v) is 7.44. The standard InChI is InChI=1S/C26H30N4O6S/c1-17(2)15-35-25(31)30(23-24(34-5)29-18(3)14-28-23)37(32,33)22-20(13-26(4)16-36-26)11-12-27-21(22)19-9-7-6-8-10-19/h6-12,14,17H,13,15-16H2,1-5H3. The molecule has 1 fully saturated rings. The molecule has 10 nitrogen and oxygen atoms in total. The fourth-order valence-corrected chi connectivity index (χ4v) is 5.43. The maximum Gasteiger partial charge on any atom is 0.430 e. The number of anilines is 1. The highest BCUT2D eigenvalue weighted by Gasteiger charge is 2.44. The average Bonchev–Trinajstić information content (AvgIpc) is 3.60. The molecule has 196 valence electrons. The van der Waals surface area contributed by atoms with Crippen LogP contribution in [0.2, 0.25) is 0 Å². The summed E-state index contributed by atoms with van der Waals surface area (Å²) < 4.78 is 45.8. The van der Waals surface area contributed by atoms with Gasteiger partial charge in [-0.3, -0.25) is 4.98 Å². The zero-order valence-electron chi connectivity index (χ0n) is 21.5. The maximum absolute atomic E-state index is 14.5. The molecular weight excluding hydrogens is 496 g/mol. The first-order chi connectivity index (χ1) is 17.6. The number of epoxide rings is 1. The van der Waals surface area contributed by atoms with Crippen LogP contribution in [0.4, 0.5) is 10.6 Å². The Bertz CT molecular complexity index is 1390. The van der Waals surface area contributed by atoms with Gasteiger partial charge in [-0.05, 0) is 31.4 Å². The Morgan fingerprint density at radius 1 is 1.19 bits per heavy atom. The number of hydrogen-bond acceptors (Lipinski definition) is 9. The second-order valence-electron chi connectivity index (χ2n) is 9.51. The molecule has 1 unspecified atom stereocenters. The van der Waals surface area contributed by atoms with Crippen LogP contribution < -0.4 is 9.04 Å². The first kappa shape index (κ1) is 26.5. The molecule has 1 aliphatic rings. The molecule has 0 saturated carbocycles. The fraction of sp³-hybridized carbons (Fsp3) is 0.385. The van der Waals surface area contributed by atoms with Gasteiger partial charge in [0.1, 0.15) is 4.90 Å². The van der Waals surface area contributed by atoms with Gasteiger partial charge in [0.05, 0.1) is 43.5 Å². The number of carbonyl (C=O) groups is 1. The van der Waals surface area contributed by atoms with E-state index in [0.29, 0.717) is 34.2 Å². The molecule has 0 radical (unpaired) electrons. The Morgan fingerprint density at radius 2 is 1.89 bits per heavy atom. The van der Waals surface area contributed by atoms with Crippen LogP contribution in [0.25, 0.3) is 11.3 Å². The van der Waals surface area contributed by atoms with Crippen LogP contribution in [0.3, 0.4) is 0 Å². The second-order valence-corrected chi connectivity index (χ2v) is 11.2. The molecule has 1 amide bonds. The summed E-state index contributed by atoms with van der Waals surface area (Å²) >= 11 is 0. The van der Waals surface area contributed by atoms with Crippen LogP contribution in [-0.4, -0.2) is 55.4 Å². The lowest BCUT2D eigenvalue weighted by Gasteiger charge is -2.25. The average molecular weight is 527 g/mol. The lowest BCUT2D eigenvalue weighted by Crippen LogP contribution is -2.40. The molecule has 0 aliphatic carbocycles. The van der Waals surface area contributed by atoms with Gasteiger partial charge in [0.2, 0.25) is 5.82 Å². The molecule has 37 heavy (non-hydrogen) atoms. The van der Waals surface area contributed by atoms with Gasteiger partial charge in [0, 0.05) is 18.2 Å². The van der Waals surface area contributed by atoms with Crippen molar-refractivity contribution in [2.24, 2.45) is 5.92 Å². The summed E-state index contributed by atoms with van der Waals surface area (Å²) in [6.07, 6.45) is 2.09. The third-order valence-electron chi connectivity index (χ3n) is 5.67. The van der Waals surface area contributed by atoms with Gasteiger partial charge in [-0.2, -0.15) is 0 Å². The van der Waals surface area contributed by atoms with Crippen LogP contribution in [0.1, 0.15) is 32.0 Å². The zero-order chi connectivity index (χ0) is 26.8. The van der Waals surface area contributed by atoms with Crippen molar-refractivity contribution in [3.05, 3.63) is 60.0 Å². The van der Waals surface area contributed by atoms with Crippen molar-refractivity contribution in [1.29, 1.82) is 0 Å². The van der Waals surface area contributed by atoms with Crippen molar-refractivity contribution in [2.75, 3.05) is 24.6 Å². The van der Waals surface area contributed by atoms with E-state index in [4.69, 9.17) is 14.2 Å². The third kappa shape index (κ3) is 5.72. The van der Waals surface area contributed by atoms with Gasteiger partial charge in [-0.25, -0.2) is 23.2 Å². The summed E-state index contributed by atoms with van der Waals surface area (Å²) in [4.78, 5) is 26.2. The van der Waals surface area contributed by atoms with Crippen molar-refractivity contribution >= 4 is 21.9 Å². The van der Waals surface area contributed by atoms with Crippen molar-refractivity contribution in [2.45, 2.75) is 44.6 Å². The molecule has 1 aromatic carbocycles. The van der Waals surface area contributed by atoms with Gasteiger partial charge >= 0.3 is 6.09 Å². The Labute approximate surface area is 216 Å². The van der Waals surface area contributed by atoms with E-state index >= 15 is 0 Å². The molecule has 11 heteroatoms. The minimum Gasteiger partial charge on any atom is -0.478 e. The monoisotopic (exact) mass is 526 g/mol. The van der Waals surface area contributed by atoms with Crippen molar-refractivity contribution in [3.8, 4) is 17.1 Å². The predicted octanol–water partition coefficient (Wildman–Crippen LogP) is 4.17. The number of carbonyl (C=O) groups excluding carboxylic acids is 1. The molecule has 3 aromatic rings. The first-order valence-electron chi connectivity index (χ1n) is 11.8. The number of nitrogens with zero attached hydrogens (tertiary/aromatic N) is 4. The van der Waals surface area contributed by atoms with E-state index in [2.05, 4.69) is 15.0 Å². The maximum atomic E-state index is 14.5. The van der Waals surface area contributed by atoms with Crippen molar-refractivity contribution in [3.63, 3.8) is 0 Å². The Hall–Kier alpha value is -3.57. The highest BCUT2D eigenvalue weighted by atomic mass is 32.2. The first-order valence-corrected chi connectivity index (χ1v) is 13.3. The largest absolute Gasteiger partial charge is 0.478 e. The predicted molar refractivity (Wildman–Crippen MR) is 137 cm³/mol. The summed E-state index contributed by atoms with van der Waals surface area (Å²) in [7, 11) is -3.32. The number of pyridine rings is 1. The summed E-state index contributed by atoms with van der Waals surface area (Å²) in [5.41, 5.74) is 1.20. The Kier molecular flexibility index (Phi) is 7.47. The van der Waals surface area contributed by atoms with E-state index in [1.807, 2.05) is 26.8 Å². The van der Waals surface area contributed by atoms with Crippen molar-refractivity contribution < 1.29 is 27.4 Å². The van der Waals surface area contributed by atoms with E-state index in [-0.39, 0.29) is 34.8 Å². The van der Waals surface area contributed by atoms with E-state index in [1.165, 1.54) is 13.3 Å².